The van der Waals surface area contributed by atoms with Crippen LogP contribution in [0.5, 0.6) is 5.75 Å². The zero-order valence-electron chi connectivity index (χ0n) is 10.7. The van der Waals surface area contributed by atoms with E-state index in [0.717, 1.165) is 21.7 Å². The number of aryl methyl sites for hydroxylation is 2. The van der Waals surface area contributed by atoms with Crippen LogP contribution in [0.15, 0.2) is 47.4 Å². The molecule has 3 nitrogen and oxygen atoms in total. The van der Waals surface area contributed by atoms with Gasteiger partial charge in [-0.15, -0.1) is 0 Å². The average molecular weight is 291 g/mol. The highest BCUT2D eigenvalue weighted by molar-refractivity contribution is 8.57. The first-order valence-electron chi connectivity index (χ1n) is 5.99. The van der Waals surface area contributed by atoms with Crippen LogP contribution in [0.25, 0.3) is 0 Å². The van der Waals surface area contributed by atoms with Gasteiger partial charge in [0, 0.05) is 16.3 Å². The molecule has 2 aromatic carbocycles. The summed E-state index contributed by atoms with van der Waals surface area (Å²) in [5.74, 6) is 0.647. The van der Waals surface area contributed by atoms with Gasteiger partial charge < -0.3 is 4.52 Å². The molecular formula is C14H14NO2PS. The van der Waals surface area contributed by atoms with Gasteiger partial charge in [0.25, 0.3) is 0 Å². The third kappa shape index (κ3) is 2.65. The number of nitrogens with one attached hydrogen (secondary N) is 1. The lowest BCUT2D eigenvalue weighted by molar-refractivity contribution is 0.505. The van der Waals surface area contributed by atoms with Crippen molar-refractivity contribution in [2.75, 3.05) is 5.09 Å². The standard InChI is InChI=1S/C14H14NO2PS/c1-10-7-11(2)9-12(8-10)17-18(16)15-13-5-3-4-6-14(13)19-18/h3-9H,1-2H3,(H,15,16). The summed E-state index contributed by atoms with van der Waals surface area (Å²) in [7, 11) is 0. The molecule has 0 saturated carbocycles. The van der Waals surface area contributed by atoms with E-state index in [-0.39, 0.29) is 0 Å². The van der Waals surface area contributed by atoms with Crippen LogP contribution in [0.4, 0.5) is 5.69 Å². The van der Waals surface area contributed by atoms with Crippen LogP contribution in [0.2, 0.25) is 0 Å². The summed E-state index contributed by atoms with van der Waals surface area (Å²) in [4.78, 5) is 0.968. The van der Waals surface area contributed by atoms with Crippen LogP contribution in [0.1, 0.15) is 11.1 Å². The Morgan fingerprint density at radius 3 is 2.47 bits per heavy atom. The van der Waals surface area contributed by atoms with Gasteiger partial charge in [-0.25, -0.2) is 4.57 Å². The molecule has 1 aliphatic rings. The van der Waals surface area contributed by atoms with Crippen molar-refractivity contribution >= 4 is 23.8 Å². The fraction of sp³-hybridized carbons (Fsp3) is 0.143. The molecule has 5 heteroatoms. The van der Waals surface area contributed by atoms with E-state index in [4.69, 9.17) is 4.52 Å². The lowest BCUT2D eigenvalue weighted by Crippen LogP contribution is -1.96. The Bertz CT molecular complexity index is 638. The fourth-order valence-electron chi connectivity index (χ4n) is 2.10. The summed E-state index contributed by atoms with van der Waals surface area (Å²) in [6, 6.07) is 13.6. The zero-order valence-corrected chi connectivity index (χ0v) is 12.4. The van der Waals surface area contributed by atoms with Crippen LogP contribution in [-0.4, -0.2) is 0 Å². The topological polar surface area (TPSA) is 38.3 Å². The number of para-hydroxylation sites is 1. The first-order chi connectivity index (χ1) is 9.04. The van der Waals surface area contributed by atoms with Crippen molar-refractivity contribution in [3.63, 3.8) is 0 Å². The molecule has 1 unspecified atom stereocenters. The van der Waals surface area contributed by atoms with Crippen LogP contribution >= 0.6 is 18.1 Å². The number of fused-ring (bicyclic) bond motifs is 1. The van der Waals surface area contributed by atoms with Gasteiger partial charge in [-0.2, -0.15) is 0 Å². The van der Waals surface area contributed by atoms with Crippen molar-refractivity contribution in [3.8, 4) is 5.75 Å². The SMILES string of the molecule is Cc1cc(C)cc(OP2(=O)Nc3ccccc3S2)c1. The van der Waals surface area contributed by atoms with E-state index in [1.807, 2.05) is 50.2 Å². The number of hydrogen-bond donors (Lipinski definition) is 1. The lowest BCUT2D eigenvalue weighted by Gasteiger charge is -2.14. The molecule has 0 radical (unpaired) electrons. The predicted molar refractivity (Wildman–Crippen MR) is 80.1 cm³/mol. The molecule has 19 heavy (non-hydrogen) atoms. The molecule has 1 N–H and O–H groups in total. The van der Waals surface area contributed by atoms with E-state index in [1.165, 1.54) is 11.4 Å². The van der Waals surface area contributed by atoms with Gasteiger partial charge in [0.05, 0.1) is 5.69 Å². The minimum absolute atomic E-state index is 0.647. The third-order valence-corrected chi connectivity index (χ3v) is 6.35. The van der Waals surface area contributed by atoms with Gasteiger partial charge in [-0.05, 0) is 49.2 Å². The lowest BCUT2D eigenvalue weighted by atomic mass is 10.1. The Morgan fingerprint density at radius 2 is 1.79 bits per heavy atom. The predicted octanol–water partition coefficient (Wildman–Crippen LogP) is 5.01. The zero-order chi connectivity index (χ0) is 13.5. The second-order valence-corrected chi connectivity index (χ2v) is 8.62. The van der Waals surface area contributed by atoms with E-state index < -0.39 is 6.72 Å². The van der Waals surface area contributed by atoms with E-state index in [9.17, 15) is 4.57 Å². The summed E-state index contributed by atoms with van der Waals surface area (Å²) in [5, 5.41) is 2.99. The molecule has 0 fully saturated rings. The second-order valence-electron chi connectivity index (χ2n) is 4.61. The second kappa shape index (κ2) is 4.62. The van der Waals surface area contributed by atoms with Crippen molar-refractivity contribution in [1.29, 1.82) is 0 Å². The van der Waals surface area contributed by atoms with Gasteiger partial charge in [0.2, 0.25) is 0 Å². The molecule has 0 aliphatic carbocycles. The maximum atomic E-state index is 12.7. The normalized spacial score (nSPS) is 20.7. The molecule has 0 amide bonds. The van der Waals surface area contributed by atoms with E-state index in [2.05, 4.69) is 11.2 Å². The highest BCUT2D eigenvalue weighted by Crippen LogP contribution is 2.68. The summed E-state index contributed by atoms with van der Waals surface area (Å²) in [5.41, 5.74) is 3.08. The van der Waals surface area contributed by atoms with Gasteiger partial charge in [0.15, 0.2) is 0 Å². The minimum atomic E-state index is -2.95. The molecule has 0 spiro atoms. The maximum Gasteiger partial charge on any atom is 0.404 e. The maximum absolute atomic E-state index is 12.7. The summed E-state index contributed by atoms with van der Waals surface area (Å²) >= 11 is 1.27. The number of rotatable bonds is 2. The smallest absolute Gasteiger partial charge is 0.404 e. The summed E-state index contributed by atoms with van der Waals surface area (Å²) in [6.07, 6.45) is 0. The quantitative estimate of drug-likeness (QED) is 0.789. The molecule has 0 saturated heterocycles. The van der Waals surface area contributed by atoms with Crippen LogP contribution in [-0.2, 0) is 4.57 Å². The molecule has 1 aliphatic heterocycles. The van der Waals surface area contributed by atoms with Gasteiger partial charge >= 0.3 is 6.72 Å². The van der Waals surface area contributed by atoms with Crippen LogP contribution < -0.4 is 9.61 Å². The number of benzene rings is 2. The molecule has 0 bridgehead atoms. The van der Waals surface area contributed by atoms with Crippen LogP contribution in [0, 0.1) is 13.8 Å². The van der Waals surface area contributed by atoms with Crippen molar-refractivity contribution in [1.82, 2.24) is 0 Å². The van der Waals surface area contributed by atoms with Crippen molar-refractivity contribution < 1.29 is 9.09 Å². The molecule has 1 heterocycles. The fourth-order valence-corrected chi connectivity index (χ4v) is 5.85. The number of hydrogen-bond acceptors (Lipinski definition) is 3. The molecule has 3 rings (SSSR count). The van der Waals surface area contributed by atoms with Gasteiger partial charge in [-0.3, -0.25) is 5.09 Å². The largest absolute Gasteiger partial charge is 0.422 e. The van der Waals surface area contributed by atoms with E-state index in [1.54, 1.807) is 0 Å². The first kappa shape index (κ1) is 12.6. The van der Waals surface area contributed by atoms with Gasteiger partial charge in [0.1, 0.15) is 5.75 Å². The van der Waals surface area contributed by atoms with E-state index >= 15 is 0 Å². The Morgan fingerprint density at radius 1 is 1.11 bits per heavy atom. The van der Waals surface area contributed by atoms with Crippen molar-refractivity contribution in [2.24, 2.45) is 0 Å². The molecule has 98 valence electrons. The Labute approximate surface area is 116 Å². The molecule has 0 aromatic heterocycles. The van der Waals surface area contributed by atoms with Crippen molar-refractivity contribution in [2.45, 2.75) is 18.7 Å². The average Bonchev–Trinajstić information content (AvgIpc) is 2.62. The van der Waals surface area contributed by atoms with Crippen LogP contribution in [0.3, 0.4) is 0 Å². The summed E-state index contributed by atoms with van der Waals surface area (Å²) < 4.78 is 18.4. The third-order valence-electron chi connectivity index (χ3n) is 2.78. The van der Waals surface area contributed by atoms with E-state index in [0.29, 0.717) is 5.75 Å². The van der Waals surface area contributed by atoms with Crippen molar-refractivity contribution in [3.05, 3.63) is 53.6 Å². The Kier molecular flexibility index (Phi) is 3.08. The van der Waals surface area contributed by atoms with Gasteiger partial charge in [-0.1, -0.05) is 18.2 Å². The molecule has 1 atom stereocenters. The molecular weight excluding hydrogens is 277 g/mol. The Balaban J connectivity index is 1.87. The first-order valence-corrected chi connectivity index (χ1v) is 9.04. The minimum Gasteiger partial charge on any atom is -0.422 e. The Hall–Kier alpha value is -1.38. The number of anilines is 1. The molecule has 2 aromatic rings. The highest BCUT2D eigenvalue weighted by Gasteiger charge is 2.34. The highest BCUT2D eigenvalue weighted by atomic mass is 32.7. The summed E-state index contributed by atoms with van der Waals surface area (Å²) in [6.45, 7) is 1.05. The monoisotopic (exact) mass is 291 g/mol.